The molecule has 0 aliphatic heterocycles. The minimum Gasteiger partial charge on any atom is -0.461 e. The zero-order valence-electron chi connectivity index (χ0n) is 10.6. The highest BCUT2D eigenvalue weighted by atomic mass is 35.5. The molecule has 2 aromatic rings. The molecule has 0 spiro atoms. The lowest BCUT2D eigenvalue weighted by molar-refractivity contribution is -0.384. The molecule has 0 atom stereocenters. The summed E-state index contributed by atoms with van der Waals surface area (Å²) in [4.78, 5) is 21.6. The van der Waals surface area contributed by atoms with E-state index in [1.807, 2.05) is 0 Å². The van der Waals surface area contributed by atoms with Crippen molar-refractivity contribution in [2.24, 2.45) is 0 Å². The number of aromatic nitrogens is 2. The predicted molar refractivity (Wildman–Crippen MR) is 74.0 cm³/mol. The molecule has 0 radical (unpaired) electrons. The van der Waals surface area contributed by atoms with Crippen LogP contribution in [0.15, 0.2) is 18.2 Å². The number of hydrogen-bond donors (Lipinski definition) is 0. The first-order valence-corrected chi connectivity index (χ1v) is 6.83. The first-order valence-electron chi connectivity index (χ1n) is 5.63. The average Bonchev–Trinajstić information content (AvgIpc) is 2.90. The predicted octanol–water partition coefficient (Wildman–Crippen LogP) is 3.07. The Morgan fingerprint density at radius 2 is 2.24 bits per heavy atom. The normalized spacial score (nSPS) is 10.2. The fourth-order valence-electron chi connectivity index (χ4n) is 1.30. The van der Waals surface area contributed by atoms with Crippen molar-refractivity contribution in [3.63, 3.8) is 0 Å². The fourth-order valence-corrected chi connectivity index (χ4v) is 2.06. The van der Waals surface area contributed by atoms with Crippen LogP contribution in [0.25, 0.3) is 0 Å². The Kier molecular flexibility index (Phi) is 4.66. The molecule has 8 nitrogen and oxygen atoms in total. The number of nitro benzene ring substituents is 1. The number of nitrogens with zero attached hydrogens (tertiary/aromatic N) is 3. The van der Waals surface area contributed by atoms with Gasteiger partial charge in [0.25, 0.3) is 10.9 Å². The van der Waals surface area contributed by atoms with E-state index >= 15 is 0 Å². The second kappa shape index (κ2) is 6.46. The van der Waals surface area contributed by atoms with E-state index in [4.69, 9.17) is 21.1 Å². The molecule has 0 unspecified atom stereocenters. The number of non-ortho nitro benzene ring substituents is 1. The highest BCUT2D eigenvalue weighted by molar-refractivity contribution is 7.14. The van der Waals surface area contributed by atoms with Crippen LogP contribution >= 0.6 is 22.9 Å². The Balaban J connectivity index is 2.20. The molecule has 10 heteroatoms. The summed E-state index contributed by atoms with van der Waals surface area (Å²) >= 11 is 6.74. The van der Waals surface area contributed by atoms with Crippen molar-refractivity contribution >= 4 is 34.6 Å². The number of carbonyl (C=O) groups is 1. The van der Waals surface area contributed by atoms with Gasteiger partial charge in [0.1, 0.15) is 0 Å². The lowest BCUT2D eigenvalue weighted by Crippen LogP contribution is -2.03. The summed E-state index contributed by atoms with van der Waals surface area (Å²) in [5.74, 6) is -0.563. The molecule has 0 saturated heterocycles. The quantitative estimate of drug-likeness (QED) is 0.471. The van der Waals surface area contributed by atoms with Gasteiger partial charge in [-0.2, -0.15) is 0 Å². The van der Waals surface area contributed by atoms with Crippen LogP contribution in [0.1, 0.15) is 16.7 Å². The molecule has 0 amide bonds. The number of carbonyl (C=O) groups excluding carboxylic acids is 1. The van der Waals surface area contributed by atoms with Gasteiger partial charge in [-0.1, -0.05) is 16.7 Å². The molecule has 0 bridgehead atoms. The summed E-state index contributed by atoms with van der Waals surface area (Å²) in [6, 6.07) is 3.75. The average molecular weight is 330 g/mol. The lowest BCUT2D eigenvalue weighted by atomic mass is 10.3. The van der Waals surface area contributed by atoms with Crippen LogP contribution in [-0.4, -0.2) is 27.7 Å². The minimum absolute atomic E-state index is 0.0217. The molecular weight excluding hydrogens is 322 g/mol. The number of esters is 1. The number of benzene rings is 1. The third-order valence-corrected chi connectivity index (χ3v) is 3.27. The summed E-state index contributed by atoms with van der Waals surface area (Å²) in [5, 5.41) is 18.2. The Hall–Kier alpha value is -2.26. The van der Waals surface area contributed by atoms with E-state index in [1.165, 1.54) is 12.1 Å². The summed E-state index contributed by atoms with van der Waals surface area (Å²) in [5.41, 5.74) is -0.176. The topological polar surface area (TPSA) is 104 Å². The van der Waals surface area contributed by atoms with Crippen LogP contribution in [0.2, 0.25) is 5.02 Å². The summed E-state index contributed by atoms with van der Waals surface area (Å²) in [6.45, 7) is 1.88. The second-order valence-corrected chi connectivity index (χ2v) is 4.91. The molecule has 0 aliphatic carbocycles. The Labute approximate surface area is 127 Å². The zero-order valence-corrected chi connectivity index (χ0v) is 12.2. The first-order chi connectivity index (χ1) is 10.0. The van der Waals surface area contributed by atoms with Gasteiger partial charge < -0.3 is 9.47 Å². The van der Waals surface area contributed by atoms with Crippen LogP contribution in [0.3, 0.4) is 0 Å². The van der Waals surface area contributed by atoms with Gasteiger partial charge in [-0.05, 0) is 24.3 Å². The van der Waals surface area contributed by atoms with E-state index in [-0.39, 0.29) is 33.3 Å². The van der Waals surface area contributed by atoms with Crippen molar-refractivity contribution in [2.75, 3.05) is 6.61 Å². The molecule has 110 valence electrons. The third kappa shape index (κ3) is 3.64. The van der Waals surface area contributed by atoms with Crippen LogP contribution in [0, 0.1) is 10.1 Å². The van der Waals surface area contributed by atoms with E-state index < -0.39 is 10.9 Å². The monoisotopic (exact) mass is 329 g/mol. The van der Waals surface area contributed by atoms with Gasteiger partial charge in [-0.15, -0.1) is 5.10 Å². The molecule has 1 aromatic heterocycles. The van der Waals surface area contributed by atoms with Crippen LogP contribution in [0.5, 0.6) is 10.9 Å². The number of ether oxygens (including phenoxy) is 2. The minimum atomic E-state index is -0.616. The number of hydrogen-bond acceptors (Lipinski definition) is 8. The molecule has 21 heavy (non-hydrogen) atoms. The Bertz CT molecular complexity index is 690. The van der Waals surface area contributed by atoms with Crippen molar-refractivity contribution in [1.82, 2.24) is 10.2 Å². The van der Waals surface area contributed by atoms with Crippen LogP contribution in [-0.2, 0) is 4.74 Å². The van der Waals surface area contributed by atoms with Crippen molar-refractivity contribution in [2.45, 2.75) is 6.92 Å². The Morgan fingerprint density at radius 3 is 2.90 bits per heavy atom. The highest BCUT2D eigenvalue weighted by Gasteiger charge is 2.17. The highest BCUT2D eigenvalue weighted by Crippen LogP contribution is 2.33. The first kappa shape index (κ1) is 15.1. The molecular formula is C11H8ClN3O5S. The number of nitro groups is 1. The van der Waals surface area contributed by atoms with E-state index in [2.05, 4.69) is 10.2 Å². The van der Waals surface area contributed by atoms with Gasteiger partial charge in [0.15, 0.2) is 5.75 Å². The maximum Gasteiger partial charge on any atom is 0.369 e. The molecule has 1 heterocycles. The van der Waals surface area contributed by atoms with Gasteiger partial charge >= 0.3 is 5.97 Å². The largest absolute Gasteiger partial charge is 0.461 e. The van der Waals surface area contributed by atoms with Crippen molar-refractivity contribution in [3.05, 3.63) is 38.3 Å². The summed E-state index contributed by atoms with van der Waals surface area (Å²) in [6.07, 6.45) is 0. The maximum absolute atomic E-state index is 11.4. The zero-order chi connectivity index (χ0) is 15.4. The molecule has 0 saturated carbocycles. The Morgan fingerprint density at radius 1 is 1.48 bits per heavy atom. The summed E-state index contributed by atoms with van der Waals surface area (Å²) in [7, 11) is 0. The molecule has 0 aliphatic rings. The van der Waals surface area contributed by atoms with E-state index in [1.54, 1.807) is 6.92 Å². The van der Waals surface area contributed by atoms with Crippen molar-refractivity contribution < 1.29 is 19.2 Å². The van der Waals surface area contributed by atoms with E-state index in [9.17, 15) is 14.9 Å². The third-order valence-electron chi connectivity index (χ3n) is 2.18. The smallest absolute Gasteiger partial charge is 0.369 e. The van der Waals surface area contributed by atoms with Crippen LogP contribution in [0.4, 0.5) is 5.69 Å². The molecule has 0 N–H and O–H groups in total. The standard InChI is InChI=1S/C11H8ClN3O5S/c1-2-19-10(16)9-13-14-11(21-9)20-8-5-6(15(17)18)3-4-7(8)12/h3-5H,2H2,1H3. The SMILES string of the molecule is CCOC(=O)c1nnc(Oc2cc([N+](=O)[O-])ccc2Cl)s1. The molecule has 2 rings (SSSR count). The van der Waals surface area contributed by atoms with Gasteiger partial charge in [0.05, 0.1) is 22.6 Å². The molecule has 1 aromatic carbocycles. The number of rotatable bonds is 5. The van der Waals surface area contributed by atoms with Crippen molar-refractivity contribution in [3.8, 4) is 10.9 Å². The van der Waals surface area contributed by atoms with Gasteiger partial charge in [-0.3, -0.25) is 10.1 Å². The van der Waals surface area contributed by atoms with Gasteiger partial charge in [0, 0.05) is 6.07 Å². The van der Waals surface area contributed by atoms with Gasteiger partial charge in [0.2, 0.25) is 5.01 Å². The van der Waals surface area contributed by atoms with Crippen LogP contribution < -0.4 is 4.74 Å². The summed E-state index contributed by atoms with van der Waals surface area (Å²) < 4.78 is 10.1. The van der Waals surface area contributed by atoms with Crippen molar-refractivity contribution in [1.29, 1.82) is 0 Å². The van der Waals surface area contributed by atoms with Gasteiger partial charge in [-0.25, -0.2) is 4.79 Å². The number of halogens is 1. The maximum atomic E-state index is 11.4. The van der Waals surface area contributed by atoms with E-state index in [0.717, 1.165) is 17.4 Å². The lowest BCUT2D eigenvalue weighted by Gasteiger charge is -2.02. The van der Waals surface area contributed by atoms with E-state index in [0.29, 0.717) is 0 Å². The fraction of sp³-hybridized carbons (Fsp3) is 0.182. The second-order valence-electron chi connectivity index (χ2n) is 3.57. The molecule has 0 fully saturated rings.